The van der Waals surface area contributed by atoms with Crippen molar-refractivity contribution in [2.45, 2.75) is 32.5 Å². The van der Waals surface area contributed by atoms with Gasteiger partial charge in [0, 0.05) is 5.69 Å². The van der Waals surface area contributed by atoms with Crippen molar-refractivity contribution in [3.8, 4) is 11.5 Å². The number of methoxy groups -OCH3 is 1. The first-order valence-electron chi connectivity index (χ1n) is 8.40. The number of nitrogens with one attached hydrogen (secondary N) is 1. The molecule has 0 aliphatic rings. The molecule has 2 aromatic rings. The van der Waals surface area contributed by atoms with Crippen molar-refractivity contribution in [3.63, 3.8) is 0 Å². The number of esters is 1. The highest BCUT2D eigenvalue weighted by atomic mass is 16.6. The second kappa shape index (κ2) is 9.46. The summed E-state index contributed by atoms with van der Waals surface area (Å²) >= 11 is 0. The molecule has 0 aromatic heterocycles. The molecule has 6 nitrogen and oxygen atoms in total. The lowest BCUT2D eigenvalue weighted by Crippen LogP contribution is -2.36. The fraction of sp³-hybridized carbons (Fsp3) is 0.300. The Morgan fingerprint density at radius 3 is 2.23 bits per heavy atom. The quantitative estimate of drug-likeness (QED) is 0.733. The van der Waals surface area contributed by atoms with Gasteiger partial charge in [-0.3, -0.25) is 4.79 Å². The van der Waals surface area contributed by atoms with E-state index in [2.05, 4.69) is 5.32 Å². The zero-order valence-corrected chi connectivity index (χ0v) is 15.1. The number of carbonyl (C=O) groups is 2. The minimum Gasteiger partial charge on any atom is -0.497 e. The molecule has 1 N–H and O–H groups in total. The molecule has 0 fully saturated rings. The van der Waals surface area contributed by atoms with Gasteiger partial charge in [-0.2, -0.15) is 0 Å². The van der Waals surface area contributed by atoms with E-state index in [4.69, 9.17) is 14.2 Å². The van der Waals surface area contributed by atoms with Crippen LogP contribution in [0.15, 0.2) is 54.6 Å². The normalized spacial score (nSPS) is 12.6. The zero-order chi connectivity index (χ0) is 18.9. The van der Waals surface area contributed by atoms with Gasteiger partial charge in [0.2, 0.25) is 0 Å². The maximum Gasteiger partial charge on any atom is 0.348 e. The van der Waals surface area contributed by atoms with E-state index < -0.39 is 24.1 Å². The van der Waals surface area contributed by atoms with E-state index in [-0.39, 0.29) is 0 Å². The third kappa shape index (κ3) is 5.51. The summed E-state index contributed by atoms with van der Waals surface area (Å²) in [7, 11) is 1.57. The van der Waals surface area contributed by atoms with Crippen molar-refractivity contribution in [1.29, 1.82) is 0 Å². The van der Waals surface area contributed by atoms with Crippen molar-refractivity contribution in [1.82, 2.24) is 0 Å². The van der Waals surface area contributed by atoms with Crippen LogP contribution < -0.4 is 14.8 Å². The first-order chi connectivity index (χ1) is 12.5. The number of hydrogen-bond acceptors (Lipinski definition) is 5. The van der Waals surface area contributed by atoms with Gasteiger partial charge in [0.05, 0.1) is 7.11 Å². The Morgan fingerprint density at radius 2 is 1.65 bits per heavy atom. The summed E-state index contributed by atoms with van der Waals surface area (Å²) in [6, 6.07) is 15.9. The number of amides is 1. The van der Waals surface area contributed by atoms with Crippen LogP contribution in [0.1, 0.15) is 20.3 Å². The van der Waals surface area contributed by atoms with E-state index >= 15 is 0 Å². The summed E-state index contributed by atoms with van der Waals surface area (Å²) in [6.45, 7) is 3.34. The molecule has 2 atom stereocenters. The topological polar surface area (TPSA) is 73.9 Å². The number of hydrogen-bond donors (Lipinski definition) is 1. The number of rotatable bonds is 8. The van der Waals surface area contributed by atoms with Crippen LogP contribution in [0.25, 0.3) is 0 Å². The molecular weight excluding hydrogens is 334 g/mol. The Kier molecular flexibility index (Phi) is 7.02. The molecule has 0 aliphatic carbocycles. The van der Waals surface area contributed by atoms with E-state index in [1.807, 2.05) is 25.1 Å². The number of benzene rings is 2. The Bertz CT molecular complexity index is 715. The smallest absolute Gasteiger partial charge is 0.348 e. The lowest BCUT2D eigenvalue weighted by atomic mass is 10.2. The van der Waals surface area contributed by atoms with E-state index in [1.165, 1.54) is 6.92 Å². The molecule has 26 heavy (non-hydrogen) atoms. The van der Waals surface area contributed by atoms with Gasteiger partial charge in [0.25, 0.3) is 5.91 Å². The molecule has 2 aromatic carbocycles. The fourth-order valence-corrected chi connectivity index (χ4v) is 2.18. The van der Waals surface area contributed by atoms with Crippen LogP contribution in [-0.2, 0) is 14.3 Å². The summed E-state index contributed by atoms with van der Waals surface area (Å²) in [6.07, 6.45) is -1.28. The standard InChI is InChI=1S/C20H23NO5/c1-4-18(26-17-8-6-5-7-9-17)20(23)25-14(2)19(22)21-15-10-12-16(24-3)13-11-15/h5-14,18H,4H2,1-3H3,(H,21,22)/t14-,18-/m0/s1. The Balaban J connectivity index is 1.90. The number of carbonyl (C=O) groups excluding carboxylic acids is 2. The molecule has 138 valence electrons. The average molecular weight is 357 g/mol. The van der Waals surface area contributed by atoms with Gasteiger partial charge in [0.1, 0.15) is 11.5 Å². The van der Waals surface area contributed by atoms with Crippen LogP contribution in [-0.4, -0.2) is 31.2 Å². The summed E-state index contributed by atoms with van der Waals surface area (Å²) in [4.78, 5) is 24.5. The highest BCUT2D eigenvalue weighted by molar-refractivity contribution is 5.95. The van der Waals surface area contributed by atoms with E-state index in [1.54, 1.807) is 43.5 Å². The molecule has 2 rings (SSSR count). The Morgan fingerprint density at radius 1 is 1.00 bits per heavy atom. The Labute approximate surface area is 153 Å². The highest BCUT2D eigenvalue weighted by Gasteiger charge is 2.25. The third-order valence-electron chi connectivity index (χ3n) is 3.67. The number of para-hydroxylation sites is 1. The lowest BCUT2D eigenvalue weighted by Gasteiger charge is -2.19. The zero-order valence-electron chi connectivity index (χ0n) is 15.1. The molecule has 0 spiro atoms. The van der Waals surface area contributed by atoms with Gasteiger partial charge in [-0.15, -0.1) is 0 Å². The highest BCUT2D eigenvalue weighted by Crippen LogP contribution is 2.16. The van der Waals surface area contributed by atoms with Gasteiger partial charge in [0.15, 0.2) is 12.2 Å². The fourth-order valence-electron chi connectivity index (χ4n) is 2.18. The van der Waals surface area contributed by atoms with Crippen molar-refractivity contribution >= 4 is 17.6 Å². The van der Waals surface area contributed by atoms with Crippen molar-refractivity contribution in [2.75, 3.05) is 12.4 Å². The molecule has 0 radical (unpaired) electrons. The summed E-state index contributed by atoms with van der Waals surface area (Å²) < 4.78 is 15.9. The van der Waals surface area contributed by atoms with Gasteiger partial charge < -0.3 is 19.5 Å². The van der Waals surface area contributed by atoms with Crippen molar-refractivity contribution < 1.29 is 23.8 Å². The van der Waals surface area contributed by atoms with E-state index in [9.17, 15) is 9.59 Å². The van der Waals surface area contributed by atoms with Crippen LogP contribution in [0.5, 0.6) is 11.5 Å². The first-order valence-corrected chi connectivity index (χ1v) is 8.40. The van der Waals surface area contributed by atoms with Gasteiger partial charge >= 0.3 is 5.97 Å². The SMILES string of the molecule is CC[C@H](Oc1ccccc1)C(=O)O[C@@H](C)C(=O)Nc1ccc(OC)cc1. The van der Waals surface area contributed by atoms with Crippen molar-refractivity contribution in [2.24, 2.45) is 0 Å². The van der Waals surface area contributed by atoms with Crippen molar-refractivity contribution in [3.05, 3.63) is 54.6 Å². The lowest BCUT2D eigenvalue weighted by molar-refractivity contribution is -0.160. The monoisotopic (exact) mass is 357 g/mol. The molecule has 0 heterocycles. The molecular formula is C20H23NO5. The summed E-state index contributed by atoms with van der Waals surface area (Å²) in [5.74, 6) is 0.268. The van der Waals surface area contributed by atoms with Gasteiger partial charge in [-0.1, -0.05) is 25.1 Å². The summed E-state index contributed by atoms with van der Waals surface area (Å²) in [5.41, 5.74) is 0.589. The second-order valence-electron chi connectivity index (χ2n) is 5.62. The molecule has 1 amide bonds. The van der Waals surface area contributed by atoms with Crippen LogP contribution in [0.4, 0.5) is 5.69 Å². The maximum absolute atomic E-state index is 12.3. The van der Waals surface area contributed by atoms with E-state index in [0.717, 1.165) is 0 Å². The average Bonchev–Trinajstić information content (AvgIpc) is 2.67. The minimum atomic E-state index is -0.946. The number of anilines is 1. The molecule has 0 unspecified atom stereocenters. The minimum absolute atomic E-state index is 0.418. The largest absolute Gasteiger partial charge is 0.497 e. The van der Waals surface area contributed by atoms with Gasteiger partial charge in [-0.25, -0.2) is 4.79 Å². The van der Waals surface area contributed by atoms with Gasteiger partial charge in [-0.05, 0) is 49.7 Å². The summed E-state index contributed by atoms with van der Waals surface area (Å²) in [5, 5.41) is 2.69. The first kappa shape index (κ1) is 19.3. The van der Waals surface area contributed by atoms with Crippen LogP contribution in [0.2, 0.25) is 0 Å². The predicted molar refractivity (Wildman–Crippen MR) is 98.3 cm³/mol. The number of ether oxygens (including phenoxy) is 3. The Hall–Kier alpha value is -3.02. The predicted octanol–water partition coefficient (Wildman–Crippen LogP) is 3.42. The van der Waals surface area contributed by atoms with Crippen LogP contribution in [0.3, 0.4) is 0 Å². The maximum atomic E-state index is 12.3. The molecule has 0 saturated heterocycles. The molecule has 0 aliphatic heterocycles. The van der Waals surface area contributed by atoms with Crippen LogP contribution >= 0.6 is 0 Å². The van der Waals surface area contributed by atoms with Crippen LogP contribution in [0, 0.1) is 0 Å². The third-order valence-corrected chi connectivity index (χ3v) is 3.67. The second-order valence-corrected chi connectivity index (χ2v) is 5.62. The van der Waals surface area contributed by atoms with E-state index in [0.29, 0.717) is 23.6 Å². The molecule has 6 heteroatoms. The molecule has 0 saturated carbocycles. The molecule has 0 bridgehead atoms.